The van der Waals surface area contributed by atoms with Crippen molar-refractivity contribution >= 4 is 16.6 Å². The normalized spacial score (nSPS) is 11.4. The Labute approximate surface area is 343 Å². The summed E-state index contributed by atoms with van der Waals surface area (Å²) in [6.45, 7) is 0.828. The highest BCUT2D eigenvalue weighted by atomic mass is 16.7. The largest absolute Gasteiger partial charge is 0.493 e. The van der Waals surface area contributed by atoms with Gasteiger partial charge in [0.1, 0.15) is 25.6 Å². The molecule has 0 radical (unpaired) electrons. The highest BCUT2D eigenvalue weighted by Crippen LogP contribution is 2.43. The van der Waals surface area contributed by atoms with Crippen LogP contribution in [0.15, 0.2) is 146 Å². The Morgan fingerprint density at radius 1 is 0.508 bits per heavy atom. The van der Waals surface area contributed by atoms with Crippen LogP contribution < -0.4 is 33.2 Å². The zero-order valence-corrected chi connectivity index (χ0v) is 33.4. The molecule has 10 heteroatoms. The molecule has 1 unspecified atom stereocenters. The van der Waals surface area contributed by atoms with E-state index in [1.165, 1.54) is 14.2 Å². The number of rotatable bonds is 19. The van der Waals surface area contributed by atoms with Crippen molar-refractivity contribution in [1.82, 2.24) is 4.98 Å². The highest BCUT2D eigenvalue weighted by Gasteiger charge is 2.32. The monoisotopic (exact) mass is 791 g/mol. The highest BCUT2D eigenvalue weighted by molar-refractivity contribution is 6.07. The van der Waals surface area contributed by atoms with Gasteiger partial charge in [0.25, 0.3) is 0 Å². The minimum atomic E-state index is -0.984. The molecule has 10 nitrogen and oxygen atoms in total. The second-order valence-corrected chi connectivity index (χ2v) is 13.5. The summed E-state index contributed by atoms with van der Waals surface area (Å²) < 4.78 is 47.6. The lowest BCUT2D eigenvalue weighted by Gasteiger charge is -2.23. The number of nitrogens with zero attached hydrogens (tertiary/aromatic N) is 1. The molecule has 7 rings (SSSR count). The van der Waals surface area contributed by atoms with Gasteiger partial charge < -0.3 is 37.9 Å². The zero-order valence-electron chi connectivity index (χ0n) is 33.4. The van der Waals surface area contributed by atoms with Crippen LogP contribution in [0.1, 0.15) is 44.2 Å². The number of hydrogen-bond donors (Lipinski definition) is 0. The number of carbonyl (C=O) groups excluding carboxylic acids is 1. The maximum absolute atomic E-state index is 15.4. The molecule has 0 saturated carbocycles. The van der Waals surface area contributed by atoms with Gasteiger partial charge in [0.15, 0.2) is 47.1 Å². The second-order valence-electron chi connectivity index (χ2n) is 13.5. The average Bonchev–Trinajstić information content (AvgIpc) is 3.29. The Balaban J connectivity index is 1.34. The predicted octanol–water partition coefficient (Wildman–Crippen LogP) is 10.00. The molecule has 59 heavy (non-hydrogen) atoms. The van der Waals surface area contributed by atoms with Gasteiger partial charge in [-0.05, 0) is 64.0 Å². The molecule has 1 atom stereocenters. The van der Waals surface area contributed by atoms with Crippen molar-refractivity contribution in [2.75, 3.05) is 35.2 Å². The van der Waals surface area contributed by atoms with Crippen LogP contribution in [0.25, 0.3) is 10.8 Å². The Morgan fingerprint density at radius 2 is 1.03 bits per heavy atom. The first-order valence-electron chi connectivity index (χ1n) is 19.0. The molecule has 0 amide bonds. The first-order chi connectivity index (χ1) is 29.0. The summed E-state index contributed by atoms with van der Waals surface area (Å²) >= 11 is 0. The Morgan fingerprint density at radius 3 is 1.59 bits per heavy atom. The van der Waals surface area contributed by atoms with Crippen molar-refractivity contribution in [3.05, 3.63) is 179 Å². The van der Waals surface area contributed by atoms with E-state index in [9.17, 15) is 0 Å². The second kappa shape index (κ2) is 19.4. The van der Waals surface area contributed by atoms with E-state index in [1.54, 1.807) is 32.5 Å². The van der Waals surface area contributed by atoms with Gasteiger partial charge in [0, 0.05) is 24.8 Å². The van der Waals surface area contributed by atoms with Crippen LogP contribution in [-0.2, 0) is 24.6 Å². The maximum Gasteiger partial charge on any atom is 0.188 e. The van der Waals surface area contributed by atoms with Crippen molar-refractivity contribution in [2.45, 2.75) is 25.7 Å². The molecule has 7 aromatic rings. The van der Waals surface area contributed by atoms with E-state index in [-0.39, 0.29) is 30.5 Å². The smallest absolute Gasteiger partial charge is 0.188 e. The van der Waals surface area contributed by atoms with E-state index in [1.807, 2.05) is 127 Å². The predicted molar refractivity (Wildman–Crippen MR) is 225 cm³/mol. The van der Waals surface area contributed by atoms with Gasteiger partial charge in [-0.25, -0.2) is 0 Å². The van der Waals surface area contributed by atoms with Crippen LogP contribution in [0.5, 0.6) is 40.2 Å². The summed E-state index contributed by atoms with van der Waals surface area (Å²) in [4.78, 5) is 20.3. The van der Waals surface area contributed by atoms with Crippen molar-refractivity contribution in [1.29, 1.82) is 0 Å². The molecular formula is C49H45NO9. The van der Waals surface area contributed by atoms with Crippen molar-refractivity contribution in [2.24, 2.45) is 0 Å². The van der Waals surface area contributed by atoms with Crippen LogP contribution >= 0.6 is 0 Å². The van der Waals surface area contributed by atoms with E-state index < -0.39 is 5.92 Å². The molecule has 1 heterocycles. The number of ketones is 1. The van der Waals surface area contributed by atoms with Crippen LogP contribution in [0.4, 0.5) is 0 Å². The number of hydrogen-bond acceptors (Lipinski definition) is 10. The standard InChI is InChI=1S/C49H45NO9/c1-52-32-59-41-28-46(58-31-35-18-12-7-13-19-35)44(55-4)27-39(41)49(51)47(37-20-21-40(42(25-37)53-2)56-29-33-14-8-5-9-15-33)48-38-26-43(54-3)45(24-36(38)22-23-50-48)57-30-34-16-10-6-11-17-34/h5-28,47H,29-32H2,1-4H3. The fourth-order valence-electron chi connectivity index (χ4n) is 6.73. The van der Waals surface area contributed by atoms with E-state index in [0.717, 1.165) is 22.1 Å². The van der Waals surface area contributed by atoms with Crippen LogP contribution in [0.2, 0.25) is 0 Å². The molecule has 0 saturated heterocycles. The van der Waals surface area contributed by atoms with Gasteiger partial charge in [0.2, 0.25) is 0 Å². The number of aromatic nitrogens is 1. The van der Waals surface area contributed by atoms with E-state index in [0.29, 0.717) is 64.4 Å². The molecular weight excluding hydrogens is 747 g/mol. The maximum atomic E-state index is 15.4. The Bertz CT molecular complexity index is 2480. The van der Waals surface area contributed by atoms with Gasteiger partial charge >= 0.3 is 0 Å². The summed E-state index contributed by atoms with van der Waals surface area (Å²) in [6.07, 6.45) is 1.68. The lowest BCUT2D eigenvalue weighted by molar-refractivity contribution is 0.0499. The van der Waals surface area contributed by atoms with Gasteiger partial charge in [-0.3, -0.25) is 9.78 Å². The van der Waals surface area contributed by atoms with E-state index >= 15 is 4.79 Å². The Hall–Kier alpha value is -7.04. The summed E-state index contributed by atoms with van der Waals surface area (Å²) in [6, 6.07) is 43.9. The fraction of sp³-hybridized carbons (Fsp3) is 0.184. The number of methoxy groups -OCH3 is 4. The third-order valence-corrected chi connectivity index (χ3v) is 9.71. The molecule has 300 valence electrons. The SMILES string of the molecule is COCOc1cc(OCc2ccccc2)c(OC)cc1C(=O)C(c1ccc(OCc2ccccc2)c(OC)c1)c1nccc2cc(OCc3ccccc3)c(OC)cc12. The van der Waals surface area contributed by atoms with Gasteiger partial charge in [0.05, 0.1) is 38.5 Å². The molecule has 0 aliphatic rings. The zero-order chi connectivity index (χ0) is 41.0. The van der Waals surface area contributed by atoms with Crippen molar-refractivity contribution in [3.8, 4) is 40.2 Å². The molecule has 0 fully saturated rings. The molecule has 0 N–H and O–H groups in total. The molecule has 6 aromatic carbocycles. The number of benzene rings is 6. The van der Waals surface area contributed by atoms with Crippen molar-refractivity contribution in [3.63, 3.8) is 0 Å². The number of pyridine rings is 1. The van der Waals surface area contributed by atoms with Crippen LogP contribution in [-0.4, -0.2) is 46.0 Å². The summed E-state index contributed by atoms with van der Waals surface area (Å²) in [5, 5.41) is 1.48. The molecule has 0 aliphatic carbocycles. The third-order valence-electron chi connectivity index (χ3n) is 9.71. The first-order valence-corrected chi connectivity index (χ1v) is 19.0. The lowest BCUT2D eigenvalue weighted by Crippen LogP contribution is -2.18. The molecule has 0 spiro atoms. The summed E-state index contributed by atoms with van der Waals surface area (Å²) in [7, 11) is 6.20. The average molecular weight is 792 g/mol. The summed E-state index contributed by atoms with van der Waals surface area (Å²) in [5.74, 6) is 1.69. The molecule has 0 bridgehead atoms. The van der Waals surface area contributed by atoms with Crippen LogP contribution in [0.3, 0.4) is 0 Å². The molecule has 1 aromatic heterocycles. The summed E-state index contributed by atoms with van der Waals surface area (Å²) in [5.41, 5.74) is 4.28. The van der Waals surface area contributed by atoms with Gasteiger partial charge in [-0.2, -0.15) is 0 Å². The van der Waals surface area contributed by atoms with Gasteiger partial charge in [-0.1, -0.05) is 97.1 Å². The number of ether oxygens (including phenoxy) is 8. The Kier molecular flexibility index (Phi) is 13.2. The van der Waals surface area contributed by atoms with E-state index in [2.05, 4.69) is 0 Å². The lowest BCUT2D eigenvalue weighted by atomic mass is 9.85. The third kappa shape index (κ3) is 9.57. The quantitative estimate of drug-likeness (QED) is 0.0581. The minimum absolute atomic E-state index is 0.119. The number of carbonyl (C=O) groups is 1. The number of fused-ring (bicyclic) bond motifs is 1. The van der Waals surface area contributed by atoms with E-state index in [4.69, 9.17) is 42.9 Å². The first kappa shape index (κ1) is 40.2. The molecule has 0 aliphatic heterocycles. The fourth-order valence-corrected chi connectivity index (χ4v) is 6.73. The minimum Gasteiger partial charge on any atom is -0.493 e. The topological polar surface area (TPSA) is 104 Å². The number of Topliss-reactive ketones (excluding diaryl/α,β-unsaturated/α-hetero) is 1. The van der Waals surface area contributed by atoms with Crippen molar-refractivity contribution < 1.29 is 42.7 Å². The van der Waals surface area contributed by atoms with Gasteiger partial charge in [-0.15, -0.1) is 0 Å². The van der Waals surface area contributed by atoms with Crippen LogP contribution in [0, 0.1) is 0 Å².